The SMILES string of the molecule is C/C(=C\C1CCC(C)C2CCC3(C)OC123)C(=O)O. The van der Waals surface area contributed by atoms with E-state index in [1.165, 1.54) is 12.8 Å². The van der Waals surface area contributed by atoms with Crippen LogP contribution in [0.3, 0.4) is 0 Å². The van der Waals surface area contributed by atoms with Gasteiger partial charge in [0.25, 0.3) is 0 Å². The van der Waals surface area contributed by atoms with E-state index in [-0.39, 0.29) is 11.2 Å². The molecule has 2 aliphatic carbocycles. The van der Waals surface area contributed by atoms with Gasteiger partial charge in [0, 0.05) is 11.5 Å². The molecular formula is C15H22O3. The Kier molecular flexibility index (Phi) is 2.44. The van der Waals surface area contributed by atoms with Gasteiger partial charge in [-0.1, -0.05) is 13.0 Å². The van der Waals surface area contributed by atoms with Crippen molar-refractivity contribution >= 4 is 5.97 Å². The van der Waals surface area contributed by atoms with E-state index < -0.39 is 5.97 Å². The highest BCUT2D eigenvalue weighted by atomic mass is 16.6. The van der Waals surface area contributed by atoms with Crippen LogP contribution in [0.25, 0.3) is 0 Å². The third-order valence-corrected chi connectivity index (χ3v) is 5.62. The normalized spacial score (nSPS) is 50.6. The van der Waals surface area contributed by atoms with Gasteiger partial charge >= 0.3 is 5.97 Å². The summed E-state index contributed by atoms with van der Waals surface area (Å²) < 4.78 is 6.16. The second-order valence-electron chi connectivity index (χ2n) is 6.59. The van der Waals surface area contributed by atoms with Crippen LogP contribution < -0.4 is 0 Å². The lowest BCUT2D eigenvalue weighted by Gasteiger charge is -2.37. The molecule has 3 heteroatoms. The fourth-order valence-electron chi connectivity index (χ4n) is 4.60. The fourth-order valence-corrected chi connectivity index (χ4v) is 4.60. The Hall–Kier alpha value is -0.830. The second kappa shape index (κ2) is 3.60. The summed E-state index contributed by atoms with van der Waals surface area (Å²) in [5.74, 6) is 0.826. The zero-order valence-electron chi connectivity index (χ0n) is 11.4. The number of ether oxygens (including phenoxy) is 1. The van der Waals surface area contributed by atoms with E-state index in [1.54, 1.807) is 6.92 Å². The lowest BCUT2D eigenvalue weighted by atomic mass is 9.65. The number of aliphatic carboxylic acids is 1. The molecule has 1 aliphatic heterocycles. The Morgan fingerprint density at radius 3 is 2.72 bits per heavy atom. The molecule has 1 heterocycles. The maximum Gasteiger partial charge on any atom is 0.330 e. The van der Waals surface area contributed by atoms with Crippen molar-refractivity contribution < 1.29 is 14.6 Å². The van der Waals surface area contributed by atoms with Crippen LogP contribution in [0.1, 0.15) is 46.5 Å². The average Bonchev–Trinajstić information content (AvgIpc) is 2.79. The van der Waals surface area contributed by atoms with E-state index in [4.69, 9.17) is 9.84 Å². The number of carbonyl (C=O) groups is 1. The van der Waals surface area contributed by atoms with Gasteiger partial charge in [-0.05, 0) is 51.4 Å². The van der Waals surface area contributed by atoms with Gasteiger partial charge in [-0.15, -0.1) is 0 Å². The summed E-state index contributed by atoms with van der Waals surface area (Å²) in [5, 5.41) is 9.06. The molecule has 0 amide bonds. The van der Waals surface area contributed by atoms with Crippen LogP contribution in [-0.4, -0.2) is 22.3 Å². The Labute approximate surface area is 108 Å². The predicted molar refractivity (Wildman–Crippen MR) is 68.2 cm³/mol. The predicted octanol–water partition coefficient (Wildman–Crippen LogP) is 3.00. The summed E-state index contributed by atoms with van der Waals surface area (Å²) in [6.45, 7) is 6.23. The van der Waals surface area contributed by atoms with Gasteiger partial charge in [-0.25, -0.2) is 4.79 Å². The maximum absolute atomic E-state index is 11.0. The summed E-state index contributed by atoms with van der Waals surface area (Å²) in [4.78, 5) is 11.0. The fraction of sp³-hybridized carbons (Fsp3) is 0.800. The van der Waals surface area contributed by atoms with Crippen LogP contribution in [0.15, 0.2) is 11.6 Å². The number of hydrogen-bond donors (Lipinski definition) is 1. The molecule has 0 radical (unpaired) electrons. The van der Waals surface area contributed by atoms with Gasteiger partial charge in [-0.3, -0.25) is 0 Å². The van der Waals surface area contributed by atoms with Crippen LogP contribution >= 0.6 is 0 Å². The molecule has 1 saturated heterocycles. The van der Waals surface area contributed by atoms with E-state index in [2.05, 4.69) is 13.8 Å². The van der Waals surface area contributed by atoms with Crippen molar-refractivity contribution in [1.82, 2.24) is 0 Å². The standard InChI is InChI=1S/C15H22O3/c1-9-4-5-11(8-10(2)13(16)17)15-12(9)6-7-14(15,3)18-15/h8-9,11-12H,4-7H2,1-3H3,(H,16,17)/b10-8+. The summed E-state index contributed by atoms with van der Waals surface area (Å²) in [6, 6.07) is 0. The van der Waals surface area contributed by atoms with Crippen LogP contribution in [0.5, 0.6) is 0 Å². The first-order valence-corrected chi connectivity index (χ1v) is 7.02. The molecule has 0 bridgehead atoms. The van der Waals surface area contributed by atoms with Gasteiger partial charge in [0.15, 0.2) is 0 Å². The molecule has 18 heavy (non-hydrogen) atoms. The van der Waals surface area contributed by atoms with E-state index in [1.807, 2.05) is 6.08 Å². The molecule has 0 aromatic heterocycles. The summed E-state index contributed by atoms with van der Waals surface area (Å²) in [7, 11) is 0. The number of epoxide rings is 1. The highest BCUT2D eigenvalue weighted by Gasteiger charge is 2.77. The van der Waals surface area contributed by atoms with Gasteiger partial charge < -0.3 is 9.84 Å². The summed E-state index contributed by atoms with van der Waals surface area (Å²) >= 11 is 0. The summed E-state index contributed by atoms with van der Waals surface area (Å²) in [6.07, 6.45) is 6.60. The first-order valence-electron chi connectivity index (χ1n) is 7.02. The second-order valence-corrected chi connectivity index (χ2v) is 6.59. The molecule has 3 aliphatic rings. The first kappa shape index (κ1) is 12.2. The lowest BCUT2D eigenvalue weighted by Crippen LogP contribution is -2.41. The Morgan fingerprint density at radius 2 is 2.11 bits per heavy atom. The molecule has 0 aromatic rings. The molecule has 5 atom stereocenters. The molecule has 0 aromatic carbocycles. The third kappa shape index (κ3) is 1.37. The van der Waals surface area contributed by atoms with Gasteiger partial charge in [0.05, 0.1) is 5.60 Å². The number of hydrogen-bond acceptors (Lipinski definition) is 2. The number of carboxylic acid groups (broad SMARTS) is 1. The van der Waals surface area contributed by atoms with Crippen LogP contribution in [-0.2, 0) is 9.53 Å². The Morgan fingerprint density at radius 1 is 1.39 bits per heavy atom. The van der Waals surface area contributed by atoms with Crippen molar-refractivity contribution in [1.29, 1.82) is 0 Å². The van der Waals surface area contributed by atoms with Gasteiger partial charge in [-0.2, -0.15) is 0 Å². The van der Waals surface area contributed by atoms with Gasteiger partial charge in [0.2, 0.25) is 0 Å². The molecule has 5 unspecified atom stereocenters. The maximum atomic E-state index is 11.0. The molecule has 2 saturated carbocycles. The quantitative estimate of drug-likeness (QED) is 0.605. The van der Waals surface area contributed by atoms with Crippen LogP contribution in [0, 0.1) is 17.8 Å². The zero-order valence-corrected chi connectivity index (χ0v) is 11.4. The van der Waals surface area contributed by atoms with Crippen molar-refractivity contribution in [3.05, 3.63) is 11.6 Å². The Bertz CT molecular complexity index is 427. The smallest absolute Gasteiger partial charge is 0.330 e. The molecule has 1 spiro atoms. The topological polar surface area (TPSA) is 49.8 Å². The van der Waals surface area contributed by atoms with E-state index in [9.17, 15) is 4.79 Å². The van der Waals surface area contributed by atoms with E-state index in [0.717, 1.165) is 12.8 Å². The first-order chi connectivity index (χ1) is 8.41. The van der Waals surface area contributed by atoms with E-state index >= 15 is 0 Å². The lowest BCUT2D eigenvalue weighted by molar-refractivity contribution is -0.132. The molecule has 3 nitrogen and oxygen atoms in total. The van der Waals surface area contributed by atoms with Crippen molar-refractivity contribution in [2.45, 2.75) is 57.7 Å². The van der Waals surface area contributed by atoms with Crippen molar-refractivity contribution in [3.8, 4) is 0 Å². The van der Waals surface area contributed by atoms with Crippen molar-refractivity contribution in [3.63, 3.8) is 0 Å². The zero-order chi connectivity index (χ0) is 13.1. The van der Waals surface area contributed by atoms with Crippen LogP contribution in [0.4, 0.5) is 0 Å². The highest BCUT2D eigenvalue weighted by Crippen LogP contribution is 2.70. The van der Waals surface area contributed by atoms with Crippen molar-refractivity contribution in [2.24, 2.45) is 17.8 Å². The minimum Gasteiger partial charge on any atom is -0.478 e. The van der Waals surface area contributed by atoms with E-state index in [0.29, 0.717) is 23.3 Å². The monoisotopic (exact) mass is 250 g/mol. The highest BCUT2D eigenvalue weighted by molar-refractivity contribution is 5.85. The number of carboxylic acids is 1. The minimum absolute atomic E-state index is 0.0201. The molecular weight excluding hydrogens is 228 g/mol. The Balaban J connectivity index is 1.93. The average molecular weight is 250 g/mol. The molecule has 3 rings (SSSR count). The largest absolute Gasteiger partial charge is 0.478 e. The van der Waals surface area contributed by atoms with Crippen LogP contribution in [0.2, 0.25) is 0 Å². The molecule has 100 valence electrons. The molecule has 3 fully saturated rings. The third-order valence-electron chi connectivity index (χ3n) is 5.62. The number of rotatable bonds is 2. The minimum atomic E-state index is -0.804. The van der Waals surface area contributed by atoms with Crippen molar-refractivity contribution in [2.75, 3.05) is 0 Å². The summed E-state index contributed by atoms with van der Waals surface area (Å²) in [5.41, 5.74) is 0.445. The molecule has 1 N–H and O–H groups in total. The van der Waals surface area contributed by atoms with Gasteiger partial charge in [0.1, 0.15) is 5.60 Å².